The lowest BCUT2D eigenvalue weighted by Crippen LogP contribution is -1.91. The second kappa shape index (κ2) is 6.16. The van der Waals surface area contributed by atoms with Gasteiger partial charge in [0.05, 0.1) is 5.52 Å². The molecule has 2 heteroatoms. The summed E-state index contributed by atoms with van der Waals surface area (Å²) >= 11 is 6.96. The predicted molar refractivity (Wildman–Crippen MR) is 134 cm³/mol. The van der Waals surface area contributed by atoms with E-state index in [1.165, 1.54) is 48.5 Å². The fourth-order valence-corrected chi connectivity index (χ4v) is 5.57. The summed E-state index contributed by atoms with van der Waals surface area (Å²) in [5.74, 6) is 0. The van der Waals surface area contributed by atoms with Crippen molar-refractivity contribution < 1.29 is 0 Å². The van der Waals surface area contributed by atoms with Gasteiger partial charge in [-0.2, -0.15) is 0 Å². The van der Waals surface area contributed by atoms with Gasteiger partial charge in [0.2, 0.25) is 0 Å². The van der Waals surface area contributed by atoms with E-state index in [2.05, 4.69) is 84.9 Å². The van der Waals surface area contributed by atoms with Crippen LogP contribution in [0.15, 0.2) is 97.1 Å². The normalized spacial score (nSPS) is 12.0. The molecule has 0 amide bonds. The fourth-order valence-electron chi connectivity index (χ4n) is 5.29. The molecule has 1 aromatic heterocycles. The quantitative estimate of drug-likeness (QED) is 0.179. The fraction of sp³-hybridized carbons (Fsp3) is 0. The maximum absolute atomic E-state index is 6.96. The van der Waals surface area contributed by atoms with Gasteiger partial charge in [0, 0.05) is 21.5 Å². The molecular weight excluding hydrogens is 398 g/mol. The van der Waals surface area contributed by atoms with Crippen LogP contribution in [0.1, 0.15) is 0 Å². The number of fused-ring (bicyclic) bond motifs is 13. The molecular formula is C29H16ClN. The van der Waals surface area contributed by atoms with E-state index in [4.69, 9.17) is 16.6 Å². The third kappa shape index (κ3) is 2.19. The van der Waals surface area contributed by atoms with Gasteiger partial charge in [-0.15, -0.1) is 0 Å². The molecule has 6 aromatic carbocycles. The molecule has 0 aliphatic rings. The van der Waals surface area contributed by atoms with E-state index < -0.39 is 0 Å². The Balaban J connectivity index is 1.99. The molecule has 0 aliphatic heterocycles. The summed E-state index contributed by atoms with van der Waals surface area (Å²) in [6.45, 7) is 0. The number of hydrogen-bond donors (Lipinski definition) is 0. The number of nitrogens with zero attached hydrogens (tertiary/aromatic N) is 1. The van der Waals surface area contributed by atoms with Gasteiger partial charge in [-0.25, -0.2) is 4.98 Å². The van der Waals surface area contributed by atoms with Gasteiger partial charge in [-0.05, 0) is 43.8 Å². The summed E-state index contributed by atoms with van der Waals surface area (Å²) in [6.07, 6.45) is 0. The van der Waals surface area contributed by atoms with E-state index in [0.29, 0.717) is 5.15 Å². The van der Waals surface area contributed by atoms with Crippen LogP contribution in [0.2, 0.25) is 5.15 Å². The average molecular weight is 414 g/mol. The minimum atomic E-state index is 0.560. The molecule has 7 aromatic rings. The first kappa shape index (κ1) is 17.0. The highest BCUT2D eigenvalue weighted by Gasteiger charge is 2.19. The third-order valence-corrected chi connectivity index (χ3v) is 6.77. The monoisotopic (exact) mass is 413 g/mol. The van der Waals surface area contributed by atoms with Crippen LogP contribution in [0.4, 0.5) is 0 Å². The van der Waals surface area contributed by atoms with Crippen molar-refractivity contribution in [2.24, 2.45) is 0 Å². The Hall–Kier alpha value is -3.68. The smallest absolute Gasteiger partial charge is 0.138 e. The molecule has 7 rings (SSSR count). The molecule has 0 atom stereocenters. The van der Waals surface area contributed by atoms with Crippen LogP contribution in [-0.2, 0) is 0 Å². The maximum atomic E-state index is 6.96. The molecule has 0 radical (unpaired) electrons. The van der Waals surface area contributed by atoms with Gasteiger partial charge in [0.1, 0.15) is 5.15 Å². The van der Waals surface area contributed by atoms with Crippen LogP contribution in [0.5, 0.6) is 0 Å². The van der Waals surface area contributed by atoms with E-state index >= 15 is 0 Å². The van der Waals surface area contributed by atoms with Crippen LogP contribution in [0, 0.1) is 0 Å². The van der Waals surface area contributed by atoms with Gasteiger partial charge in [0.25, 0.3) is 0 Å². The van der Waals surface area contributed by atoms with E-state index in [1.807, 2.05) is 12.1 Å². The number of hydrogen-bond acceptors (Lipinski definition) is 1. The first-order valence-electron chi connectivity index (χ1n) is 10.4. The molecule has 0 N–H and O–H groups in total. The van der Waals surface area contributed by atoms with Crippen molar-refractivity contribution in [1.82, 2.24) is 4.98 Å². The zero-order valence-corrected chi connectivity index (χ0v) is 17.3. The largest absolute Gasteiger partial charge is 0.235 e. The van der Waals surface area contributed by atoms with Crippen molar-refractivity contribution in [3.05, 3.63) is 102 Å². The van der Waals surface area contributed by atoms with Gasteiger partial charge in [-0.3, -0.25) is 0 Å². The molecule has 0 unspecified atom stereocenters. The molecule has 0 spiro atoms. The van der Waals surface area contributed by atoms with Gasteiger partial charge < -0.3 is 0 Å². The molecule has 0 aliphatic carbocycles. The van der Waals surface area contributed by atoms with Crippen molar-refractivity contribution in [2.75, 3.05) is 0 Å². The summed E-state index contributed by atoms with van der Waals surface area (Å²) in [7, 11) is 0. The van der Waals surface area contributed by atoms with Crippen LogP contribution in [0.25, 0.3) is 64.8 Å². The Bertz CT molecular complexity index is 1840. The standard InChI is InChI=1S/C29H16ClN/c30-29-28-26(23-15-7-8-16-24(23)31-29)22-14-6-5-13-21(22)25-19-11-3-1-9-17(19)18-10-2-4-12-20(18)27(25)28/h1-16H. The van der Waals surface area contributed by atoms with Crippen LogP contribution >= 0.6 is 11.6 Å². The zero-order valence-electron chi connectivity index (χ0n) is 16.6. The lowest BCUT2D eigenvalue weighted by atomic mass is 9.87. The summed E-state index contributed by atoms with van der Waals surface area (Å²) < 4.78 is 0. The lowest BCUT2D eigenvalue weighted by molar-refractivity contribution is 1.45. The molecule has 31 heavy (non-hydrogen) atoms. The molecule has 0 saturated carbocycles. The van der Waals surface area contributed by atoms with Crippen molar-refractivity contribution in [3.63, 3.8) is 0 Å². The van der Waals surface area contributed by atoms with Crippen LogP contribution in [0.3, 0.4) is 0 Å². The minimum Gasteiger partial charge on any atom is -0.235 e. The number of para-hydroxylation sites is 1. The number of benzene rings is 6. The Morgan fingerprint density at radius 1 is 0.387 bits per heavy atom. The van der Waals surface area contributed by atoms with Crippen LogP contribution in [-0.4, -0.2) is 4.98 Å². The molecule has 0 bridgehead atoms. The minimum absolute atomic E-state index is 0.560. The van der Waals surface area contributed by atoms with E-state index in [1.54, 1.807) is 0 Å². The number of rotatable bonds is 0. The highest BCUT2D eigenvalue weighted by Crippen LogP contribution is 2.46. The topological polar surface area (TPSA) is 12.9 Å². The van der Waals surface area contributed by atoms with Crippen molar-refractivity contribution in [1.29, 1.82) is 0 Å². The van der Waals surface area contributed by atoms with Crippen molar-refractivity contribution in [3.8, 4) is 0 Å². The lowest BCUT2D eigenvalue weighted by Gasteiger charge is -2.18. The molecule has 0 fully saturated rings. The molecule has 1 heterocycles. The van der Waals surface area contributed by atoms with E-state index in [-0.39, 0.29) is 0 Å². The Morgan fingerprint density at radius 3 is 1.35 bits per heavy atom. The first-order valence-corrected chi connectivity index (χ1v) is 10.8. The van der Waals surface area contributed by atoms with E-state index in [0.717, 1.165) is 16.3 Å². The highest BCUT2D eigenvalue weighted by molar-refractivity contribution is 6.47. The average Bonchev–Trinajstić information content (AvgIpc) is 2.83. The van der Waals surface area contributed by atoms with Crippen molar-refractivity contribution in [2.45, 2.75) is 0 Å². The van der Waals surface area contributed by atoms with Gasteiger partial charge >= 0.3 is 0 Å². The number of halogens is 1. The molecule has 0 saturated heterocycles. The van der Waals surface area contributed by atoms with Gasteiger partial charge in [-0.1, -0.05) is 103 Å². The summed E-state index contributed by atoms with van der Waals surface area (Å²) in [5.41, 5.74) is 0.926. The Kier molecular flexibility index (Phi) is 3.39. The van der Waals surface area contributed by atoms with E-state index in [9.17, 15) is 0 Å². The first-order chi connectivity index (χ1) is 15.3. The van der Waals surface area contributed by atoms with Gasteiger partial charge in [0.15, 0.2) is 0 Å². The predicted octanol–water partition coefficient (Wildman–Crippen LogP) is 8.65. The Labute approximate surface area is 183 Å². The SMILES string of the molecule is Clc1nc2ccccc2c2c3ccccc3c3c4ccccc4c4ccccc4c3c12. The number of pyridine rings is 1. The molecule has 1 nitrogen and oxygen atoms in total. The van der Waals surface area contributed by atoms with Crippen LogP contribution < -0.4 is 0 Å². The maximum Gasteiger partial charge on any atom is 0.138 e. The Morgan fingerprint density at radius 2 is 0.774 bits per heavy atom. The second-order valence-corrected chi connectivity index (χ2v) is 8.41. The zero-order chi connectivity index (χ0) is 20.5. The second-order valence-electron chi connectivity index (χ2n) is 8.06. The summed E-state index contributed by atoms with van der Waals surface area (Å²) in [4.78, 5) is 4.81. The molecule has 144 valence electrons. The number of aromatic nitrogens is 1. The summed E-state index contributed by atoms with van der Waals surface area (Å²) in [5, 5.41) is 13.8. The third-order valence-electron chi connectivity index (χ3n) is 6.50. The highest BCUT2D eigenvalue weighted by atomic mass is 35.5. The van der Waals surface area contributed by atoms with Crippen molar-refractivity contribution >= 4 is 76.4 Å². The summed E-state index contributed by atoms with van der Waals surface area (Å²) in [6, 6.07) is 34.3.